The summed E-state index contributed by atoms with van der Waals surface area (Å²) in [4.78, 5) is 19.0. The van der Waals surface area contributed by atoms with Crippen molar-refractivity contribution in [3.8, 4) is 6.07 Å². The topological polar surface area (TPSA) is 90.6 Å². The van der Waals surface area contributed by atoms with Crippen LogP contribution in [0, 0.1) is 17.1 Å². The number of anilines is 1. The highest BCUT2D eigenvalue weighted by molar-refractivity contribution is 8.77. The number of hydrogen-bond acceptors (Lipinski definition) is 7. The van der Waals surface area contributed by atoms with Gasteiger partial charge in [0, 0.05) is 27.7 Å². The van der Waals surface area contributed by atoms with Gasteiger partial charge in [0.1, 0.15) is 11.4 Å². The molecule has 6 nitrogen and oxygen atoms in total. The average Bonchev–Trinajstić information content (AvgIpc) is 2.95. The zero-order valence-corrected chi connectivity index (χ0v) is 19.5. The molecule has 0 unspecified atom stereocenters. The van der Waals surface area contributed by atoms with E-state index in [2.05, 4.69) is 4.99 Å². The quantitative estimate of drug-likeness (QED) is 0.326. The molecule has 1 aliphatic heterocycles. The Labute approximate surface area is 195 Å². The molecule has 1 atom stereocenters. The molecule has 0 saturated carbocycles. The zero-order chi connectivity index (χ0) is 24.6. The summed E-state index contributed by atoms with van der Waals surface area (Å²) in [5.74, 6) is -1.16. The Bertz CT molecular complexity index is 1270. The van der Waals surface area contributed by atoms with Gasteiger partial charge < -0.3 is 0 Å². The molecule has 0 fully saturated rings. The molecule has 0 aliphatic carbocycles. The maximum Gasteiger partial charge on any atom is 0.417 e. The number of aliphatic imine (C=N–C) groups is 1. The molecule has 174 valence electrons. The summed E-state index contributed by atoms with van der Waals surface area (Å²) in [6.07, 6.45) is -3.99. The van der Waals surface area contributed by atoms with Gasteiger partial charge in [-0.25, -0.2) is 17.8 Å². The number of thioether (sulfide) groups is 1. The van der Waals surface area contributed by atoms with E-state index in [0.717, 1.165) is 35.1 Å². The molecule has 0 bridgehead atoms. The number of carbonyl (C=O) groups is 1. The van der Waals surface area contributed by atoms with Crippen LogP contribution in [0.1, 0.15) is 18.1 Å². The zero-order valence-electron chi connectivity index (χ0n) is 17.1. The summed E-state index contributed by atoms with van der Waals surface area (Å²) in [6.45, 7) is 1.43. The van der Waals surface area contributed by atoms with Gasteiger partial charge in [-0.3, -0.25) is 9.69 Å². The molecule has 1 heterocycles. The fourth-order valence-corrected chi connectivity index (χ4v) is 5.79. The summed E-state index contributed by atoms with van der Waals surface area (Å²) in [5.41, 5.74) is -3.66. The van der Waals surface area contributed by atoms with Crippen molar-refractivity contribution in [2.24, 2.45) is 4.99 Å². The monoisotopic (exact) mass is 517 g/mol. The number of nitrogens with zero attached hydrogens (tertiary/aromatic N) is 3. The van der Waals surface area contributed by atoms with Crippen LogP contribution < -0.4 is 4.90 Å². The smallest absolute Gasteiger partial charge is 0.271 e. The Kier molecular flexibility index (Phi) is 6.84. The van der Waals surface area contributed by atoms with Crippen LogP contribution in [-0.2, 0) is 19.8 Å². The molecular formula is C20H15F4N3O3S3. The second kappa shape index (κ2) is 9.00. The average molecular weight is 518 g/mol. The lowest BCUT2D eigenvalue weighted by Crippen LogP contribution is -2.42. The van der Waals surface area contributed by atoms with Crippen LogP contribution >= 0.6 is 22.6 Å². The van der Waals surface area contributed by atoms with Gasteiger partial charge in [-0.15, -0.1) is 11.8 Å². The van der Waals surface area contributed by atoms with Gasteiger partial charge >= 0.3 is 6.18 Å². The normalized spacial score (nSPS) is 18.9. The summed E-state index contributed by atoms with van der Waals surface area (Å²) in [6, 6.07) is 9.57. The summed E-state index contributed by atoms with van der Waals surface area (Å²) in [5, 5.41) is 8.71. The lowest BCUT2D eigenvalue weighted by atomic mass is 10.0. The minimum atomic E-state index is -4.87. The van der Waals surface area contributed by atoms with Crippen LogP contribution in [0.15, 0.2) is 52.4 Å². The Balaban J connectivity index is 2.02. The molecule has 0 spiro atoms. The van der Waals surface area contributed by atoms with Crippen molar-refractivity contribution >= 4 is 48.2 Å². The molecule has 13 heteroatoms. The number of halogens is 4. The van der Waals surface area contributed by atoms with Crippen LogP contribution in [0.25, 0.3) is 0 Å². The maximum absolute atomic E-state index is 13.4. The molecule has 0 N–H and O–H groups in total. The van der Waals surface area contributed by atoms with E-state index in [1.54, 1.807) is 0 Å². The third-order valence-electron chi connectivity index (χ3n) is 4.44. The number of benzene rings is 2. The van der Waals surface area contributed by atoms with Crippen molar-refractivity contribution in [1.82, 2.24) is 0 Å². The Morgan fingerprint density at radius 1 is 1.18 bits per heavy atom. The molecule has 3 rings (SSSR count). The number of amides is 1. The fraction of sp³-hybridized carbons (Fsp3) is 0.250. The first kappa shape index (κ1) is 25.1. The van der Waals surface area contributed by atoms with Crippen LogP contribution in [0.4, 0.5) is 23.2 Å². The minimum Gasteiger partial charge on any atom is -0.271 e. The highest BCUT2D eigenvalue weighted by atomic mass is 33.1. The van der Waals surface area contributed by atoms with E-state index < -0.39 is 43.4 Å². The van der Waals surface area contributed by atoms with E-state index in [-0.39, 0.29) is 27.4 Å². The highest BCUT2D eigenvalue weighted by Gasteiger charge is 2.47. The molecule has 1 amide bonds. The number of rotatable bonds is 5. The van der Waals surface area contributed by atoms with Gasteiger partial charge in [0.05, 0.1) is 22.9 Å². The van der Waals surface area contributed by atoms with E-state index in [9.17, 15) is 30.8 Å². The van der Waals surface area contributed by atoms with Gasteiger partial charge in [0.2, 0.25) is 8.87 Å². The molecular weight excluding hydrogens is 502 g/mol. The largest absolute Gasteiger partial charge is 0.417 e. The lowest BCUT2D eigenvalue weighted by Gasteiger charge is -2.23. The summed E-state index contributed by atoms with van der Waals surface area (Å²) < 4.78 is 77.3. The predicted molar refractivity (Wildman–Crippen MR) is 119 cm³/mol. The van der Waals surface area contributed by atoms with Crippen molar-refractivity contribution in [3.05, 3.63) is 59.4 Å². The highest BCUT2D eigenvalue weighted by Crippen LogP contribution is 2.40. The van der Waals surface area contributed by atoms with Gasteiger partial charge in [0.25, 0.3) is 5.91 Å². The van der Waals surface area contributed by atoms with E-state index >= 15 is 0 Å². The van der Waals surface area contributed by atoms with Gasteiger partial charge in [-0.1, -0.05) is 0 Å². The van der Waals surface area contributed by atoms with Gasteiger partial charge in [-0.2, -0.15) is 18.4 Å². The van der Waals surface area contributed by atoms with Gasteiger partial charge in [-0.05, 0) is 49.4 Å². The SMILES string of the molecule is C[C@@]1(CSc2ccc(F)cc2)N=C(SS(C)(=O)=O)N(c2ccc(C#N)c(C(F)(F)F)c2)C1=O. The summed E-state index contributed by atoms with van der Waals surface area (Å²) in [7, 11) is -3.53. The molecule has 0 saturated heterocycles. The number of amidine groups is 1. The number of nitriles is 1. The van der Waals surface area contributed by atoms with Gasteiger partial charge in [0.15, 0.2) is 5.17 Å². The summed E-state index contributed by atoms with van der Waals surface area (Å²) >= 11 is 1.16. The first-order chi connectivity index (χ1) is 15.2. The van der Waals surface area contributed by atoms with Crippen LogP contribution in [-0.4, -0.2) is 37.0 Å². The van der Waals surface area contributed by atoms with Crippen molar-refractivity contribution in [1.29, 1.82) is 5.26 Å². The van der Waals surface area contributed by atoms with Crippen LogP contribution in [0.2, 0.25) is 0 Å². The maximum atomic E-state index is 13.4. The molecule has 0 radical (unpaired) electrons. The molecule has 0 aromatic heterocycles. The molecule has 33 heavy (non-hydrogen) atoms. The first-order valence-electron chi connectivity index (χ1n) is 9.07. The Morgan fingerprint density at radius 2 is 1.82 bits per heavy atom. The number of alkyl halides is 3. The Hall–Kier alpha value is -2.56. The number of carbonyl (C=O) groups excluding carboxylic acids is 1. The third kappa shape index (κ3) is 5.69. The van der Waals surface area contributed by atoms with Crippen molar-refractivity contribution < 1.29 is 30.8 Å². The molecule has 1 aliphatic rings. The van der Waals surface area contributed by atoms with E-state index in [4.69, 9.17) is 5.26 Å². The minimum absolute atomic E-state index is 0.0181. The molecule has 2 aromatic rings. The third-order valence-corrected chi connectivity index (χ3v) is 7.84. The lowest BCUT2D eigenvalue weighted by molar-refractivity contribution is -0.137. The van der Waals surface area contributed by atoms with E-state index in [1.807, 2.05) is 0 Å². The predicted octanol–water partition coefficient (Wildman–Crippen LogP) is 4.66. The van der Waals surface area contributed by atoms with Crippen molar-refractivity contribution in [3.63, 3.8) is 0 Å². The second-order valence-corrected chi connectivity index (χ2v) is 12.5. The van der Waals surface area contributed by atoms with E-state index in [1.165, 1.54) is 37.3 Å². The standard InChI is InChI=1S/C20H15F4N3O3S3/c1-19(11-31-15-7-4-13(21)5-8-15)17(28)27(18(26-19)32-33(2,29)30)14-6-3-12(10-25)16(9-14)20(22,23)24/h3-9H,11H2,1-2H3/t19-/m0/s1. The fourth-order valence-electron chi connectivity index (χ4n) is 2.91. The van der Waals surface area contributed by atoms with Crippen molar-refractivity contribution in [2.75, 3.05) is 16.9 Å². The van der Waals surface area contributed by atoms with E-state index in [0.29, 0.717) is 11.0 Å². The van der Waals surface area contributed by atoms with Crippen molar-refractivity contribution in [2.45, 2.75) is 23.5 Å². The second-order valence-electron chi connectivity index (χ2n) is 7.18. The number of hydrogen-bond donors (Lipinski definition) is 0. The van der Waals surface area contributed by atoms with Crippen LogP contribution in [0.5, 0.6) is 0 Å². The van der Waals surface area contributed by atoms with Crippen LogP contribution in [0.3, 0.4) is 0 Å². The first-order valence-corrected chi connectivity index (χ1v) is 13.3. The molecule has 2 aromatic carbocycles. The Morgan fingerprint density at radius 3 is 2.36 bits per heavy atom.